The van der Waals surface area contributed by atoms with Crippen LogP contribution in [0.4, 0.5) is 0 Å². The van der Waals surface area contributed by atoms with Crippen molar-refractivity contribution in [3.8, 4) is 0 Å². The van der Waals surface area contributed by atoms with Crippen LogP contribution in [-0.4, -0.2) is 18.5 Å². The first kappa shape index (κ1) is 14.6. The van der Waals surface area contributed by atoms with E-state index in [-0.39, 0.29) is 11.9 Å². The fraction of sp³-hybridized carbons (Fsp3) is 0.611. The van der Waals surface area contributed by atoms with Gasteiger partial charge in [-0.1, -0.05) is 50.5 Å². The van der Waals surface area contributed by atoms with Gasteiger partial charge in [0.1, 0.15) is 0 Å². The molecule has 3 rings (SSSR count). The van der Waals surface area contributed by atoms with E-state index >= 15 is 0 Å². The molecule has 0 saturated heterocycles. The summed E-state index contributed by atoms with van der Waals surface area (Å²) in [7, 11) is 0. The van der Waals surface area contributed by atoms with Gasteiger partial charge >= 0.3 is 0 Å². The highest BCUT2D eigenvalue weighted by molar-refractivity contribution is 5.82. The van der Waals surface area contributed by atoms with E-state index in [9.17, 15) is 4.79 Å². The number of amides is 1. The van der Waals surface area contributed by atoms with Crippen LogP contribution in [0.3, 0.4) is 0 Å². The zero-order valence-corrected chi connectivity index (χ0v) is 12.9. The molecule has 3 heteroatoms. The number of hydrogen-bond donors (Lipinski definition) is 2. The van der Waals surface area contributed by atoms with Crippen LogP contribution in [0, 0.1) is 11.8 Å². The van der Waals surface area contributed by atoms with Gasteiger partial charge in [0.2, 0.25) is 5.91 Å². The lowest BCUT2D eigenvalue weighted by Gasteiger charge is -2.30. The molecule has 3 atom stereocenters. The van der Waals surface area contributed by atoms with Crippen LogP contribution in [0.15, 0.2) is 24.3 Å². The predicted molar refractivity (Wildman–Crippen MR) is 84.9 cm³/mol. The van der Waals surface area contributed by atoms with E-state index in [4.69, 9.17) is 0 Å². The molecular weight excluding hydrogens is 260 g/mol. The molecule has 0 bridgehead atoms. The van der Waals surface area contributed by atoms with Crippen molar-refractivity contribution in [3.05, 3.63) is 35.4 Å². The molecule has 1 aliphatic carbocycles. The third kappa shape index (κ3) is 3.46. The van der Waals surface area contributed by atoms with Crippen LogP contribution < -0.4 is 10.6 Å². The van der Waals surface area contributed by atoms with Gasteiger partial charge in [-0.25, -0.2) is 0 Å². The van der Waals surface area contributed by atoms with Gasteiger partial charge in [0.25, 0.3) is 0 Å². The highest BCUT2D eigenvalue weighted by Gasteiger charge is 2.26. The Kier molecular flexibility index (Phi) is 4.59. The molecule has 2 N–H and O–H groups in total. The number of carbonyl (C=O) groups excluding carboxylic acids is 1. The summed E-state index contributed by atoms with van der Waals surface area (Å²) in [6.45, 7) is 3.97. The van der Waals surface area contributed by atoms with Gasteiger partial charge in [-0.3, -0.25) is 4.79 Å². The summed E-state index contributed by atoms with van der Waals surface area (Å²) in [5, 5.41) is 6.54. The van der Waals surface area contributed by atoms with Gasteiger partial charge in [0.15, 0.2) is 0 Å². The maximum absolute atomic E-state index is 12.4. The molecule has 1 aliphatic heterocycles. The van der Waals surface area contributed by atoms with Crippen molar-refractivity contribution in [1.82, 2.24) is 10.6 Å². The smallest absolute Gasteiger partial charge is 0.237 e. The summed E-state index contributed by atoms with van der Waals surface area (Å²) >= 11 is 0. The molecule has 3 unspecified atom stereocenters. The van der Waals surface area contributed by atoms with Crippen LogP contribution in [0.2, 0.25) is 0 Å². The van der Waals surface area contributed by atoms with Crippen molar-refractivity contribution in [2.45, 2.75) is 51.6 Å². The molecular formula is C18H26N2O. The van der Waals surface area contributed by atoms with Gasteiger partial charge in [0.05, 0.1) is 6.04 Å². The molecule has 1 saturated carbocycles. The maximum Gasteiger partial charge on any atom is 0.237 e. The van der Waals surface area contributed by atoms with Crippen molar-refractivity contribution < 1.29 is 4.79 Å². The predicted octanol–water partition coefficient (Wildman–Crippen LogP) is 2.64. The van der Waals surface area contributed by atoms with Crippen molar-refractivity contribution >= 4 is 5.91 Å². The van der Waals surface area contributed by atoms with Gasteiger partial charge in [-0.05, 0) is 35.8 Å². The van der Waals surface area contributed by atoms with Crippen molar-refractivity contribution in [2.75, 3.05) is 6.54 Å². The van der Waals surface area contributed by atoms with Gasteiger partial charge in [-0.2, -0.15) is 0 Å². The SMILES string of the molecule is CC1CCCCC1CNC(=O)C1Cc2ccccc2CN1. The van der Waals surface area contributed by atoms with E-state index in [1.54, 1.807) is 0 Å². The van der Waals surface area contributed by atoms with Crippen LogP contribution in [0.1, 0.15) is 43.7 Å². The summed E-state index contributed by atoms with van der Waals surface area (Å²) in [5.74, 6) is 1.58. The molecule has 1 aromatic rings. The first-order chi connectivity index (χ1) is 10.2. The summed E-state index contributed by atoms with van der Waals surface area (Å²) in [4.78, 5) is 12.4. The first-order valence-electron chi connectivity index (χ1n) is 8.32. The lowest BCUT2D eigenvalue weighted by Crippen LogP contribution is -2.49. The molecule has 1 fully saturated rings. The van der Waals surface area contributed by atoms with Gasteiger partial charge in [-0.15, -0.1) is 0 Å². The summed E-state index contributed by atoms with van der Waals surface area (Å²) in [6.07, 6.45) is 6.06. The number of benzene rings is 1. The Morgan fingerprint density at radius 1 is 1.24 bits per heavy atom. The summed E-state index contributed by atoms with van der Waals surface area (Å²) in [6, 6.07) is 8.33. The van der Waals surface area contributed by atoms with Crippen LogP contribution >= 0.6 is 0 Å². The Hall–Kier alpha value is -1.35. The van der Waals surface area contributed by atoms with Crippen LogP contribution in [0.5, 0.6) is 0 Å². The first-order valence-corrected chi connectivity index (χ1v) is 8.32. The minimum absolute atomic E-state index is 0.0706. The van der Waals surface area contributed by atoms with Gasteiger partial charge in [0, 0.05) is 13.1 Å². The minimum atomic E-state index is -0.0706. The molecule has 1 heterocycles. The molecule has 1 aromatic carbocycles. The average Bonchev–Trinajstić information content (AvgIpc) is 2.53. The Balaban J connectivity index is 1.52. The number of fused-ring (bicyclic) bond motifs is 1. The highest BCUT2D eigenvalue weighted by atomic mass is 16.2. The minimum Gasteiger partial charge on any atom is -0.354 e. The lowest BCUT2D eigenvalue weighted by atomic mass is 9.80. The van der Waals surface area contributed by atoms with E-state index in [1.165, 1.54) is 36.8 Å². The second-order valence-electron chi connectivity index (χ2n) is 6.67. The molecule has 0 aromatic heterocycles. The second kappa shape index (κ2) is 6.61. The zero-order valence-electron chi connectivity index (χ0n) is 12.9. The Bertz CT molecular complexity index is 500. The van der Waals surface area contributed by atoms with E-state index in [1.807, 2.05) is 0 Å². The molecule has 0 spiro atoms. The Labute approximate surface area is 127 Å². The third-order valence-electron chi connectivity index (χ3n) is 5.23. The molecule has 3 nitrogen and oxygen atoms in total. The molecule has 114 valence electrons. The fourth-order valence-corrected chi connectivity index (χ4v) is 3.69. The van der Waals surface area contributed by atoms with Gasteiger partial charge < -0.3 is 10.6 Å². The van der Waals surface area contributed by atoms with Crippen molar-refractivity contribution in [1.29, 1.82) is 0 Å². The average molecular weight is 286 g/mol. The lowest BCUT2D eigenvalue weighted by molar-refractivity contribution is -0.123. The van der Waals surface area contributed by atoms with Crippen molar-refractivity contribution in [2.24, 2.45) is 11.8 Å². The number of nitrogens with one attached hydrogen (secondary N) is 2. The standard InChI is InChI=1S/C18H26N2O/c1-13-6-2-3-8-15(13)11-20-18(21)17-10-14-7-4-5-9-16(14)12-19-17/h4-5,7,9,13,15,17,19H,2-3,6,8,10-12H2,1H3,(H,20,21). The summed E-state index contributed by atoms with van der Waals surface area (Å²) in [5.41, 5.74) is 2.63. The fourth-order valence-electron chi connectivity index (χ4n) is 3.69. The van der Waals surface area contributed by atoms with Crippen LogP contribution in [0.25, 0.3) is 0 Å². The second-order valence-corrected chi connectivity index (χ2v) is 6.67. The van der Waals surface area contributed by atoms with E-state index in [2.05, 4.69) is 41.8 Å². The third-order valence-corrected chi connectivity index (χ3v) is 5.23. The quantitative estimate of drug-likeness (QED) is 0.897. The largest absolute Gasteiger partial charge is 0.354 e. The number of carbonyl (C=O) groups is 1. The molecule has 21 heavy (non-hydrogen) atoms. The topological polar surface area (TPSA) is 41.1 Å². The zero-order chi connectivity index (χ0) is 14.7. The Morgan fingerprint density at radius 3 is 2.81 bits per heavy atom. The van der Waals surface area contributed by atoms with Crippen molar-refractivity contribution in [3.63, 3.8) is 0 Å². The normalized spacial score (nSPS) is 28.7. The van der Waals surface area contributed by atoms with E-state index < -0.39 is 0 Å². The number of rotatable bonds is 3. The maximum atomic E-state index is 12.4. The highest BCUT2D eigenvalue weighted by Crippen LogP contribution is 2.28. The molecule has 2 aliphatic rings. The van der Waals surface area contributed by atoms with Crippen LogP contribution in [-0.2, 0) is 17.8 Å². The monoisotopic (exact) mass is 286 g/mol. The van der Waals surface area contributed by atoms with E-state index in [0.717, 1.165) is 25.4 Å². The molecule has 0 radical (unpaired) electrons. The van der Waals surface area contributed by atoms with E-state index in [0.29, 0.717) is 5.92 Å². The Morgan fingerprint density at radius 2 is 2.00 bits per heavy atom. The summed E-state index contributed by atoms with van der Waals surface area (Å²) < 4.78 is 0. The molecule has 1 amide bonds. The number of hydrogen-bond acceptors (Lipinski definition) is 2.